The van der Waals surface area contributed by atoms with Gasteiger partial charge in [0.25, 0.3) is 0 Å². The summed E-state index contributed by atoms with van der Waals surface area (Å²) in [6.45, 7) is 9.60. The van der Waals surface area contributed by atoms with Crippen molar-refractivity contribution in [2.24, 2.45) is 0 Å². The number of rotatable bonds is 10. The van der Waals surface area contributed by atoms with Crippen molar-refractivity contribution in [2.45, 2.75) is 19.4 Å². The third kappa shape index (κ3) is 7.31. The third-order valence-electron chi connectivity index (χ3n) is 7.36. The SMILES string of the molecule is C[C@H]1CNCCN1c1cc(OCCN2CCOCC2)c(-c2cnc(N)c(OCCc3c(Cl)ccc(F)c3Cl)c2)cn1. The van der Waals surface area contributed by atoms with E-state index in [1.165, 1.54) is 12.1 Å². The van der Waals surface area contributed by atoms with Gasteiger partial charge in [-0.25, -0.2) is 14.4 Å². The molecule has 4 heterocycles. The normalized spacial score (nSPS) is 18.0. The van der Waals surface area contributed by atoms with E-state index in [1.807, 2.05) is 18.3 Å². The Kier molecular flexibility index (Phi) is 10.00. The number of aromatic nitrogens is 2. The summed E-state index contributed by atoms with van der Waals surface area (Å²) in [6, 6.07) is 6.84. The highest BCUT2D eigenvalue weighted by atomic mass is 35.5. The predicted molar refractivity (Wildman–Crippen MR) is 160 cm³/mol. The Hall–Kier alpha value is -2.89. The molecular weight excluding hydrogens is 570 g/mol. The third-order valence-corrected chi connectivity index (χ3v) is 8.12. The van der Waals surface area contributed by atoms with Crippen LogP contribution in [0.15, 0.2) is 36.7 Å². The van der Waals surface area contributed by atoms with E-state index in [2.05, 4.69) is 27.0 Å². The Balaban J connectivity index is 1.36. The summed E-state index contributed by atoms with van der Waals surface area (Å²) in [4.78, 5) is 13.8. The average molecular weight is 606 g/mol. The molecule has 0 bridgehead atoms. The smallest absolute Gasteiger partial charge is 0.166 e. The van der Waals surface area contributed by atoms with Crippen molar-refractivity contribution in [1.82, 2.24) is 20.2 Å². The zero-order valence-electron chi connectivity index (χ0n) is 23.0. The maximum atomic E-state index is 13.9. The van der Waals surface area contributed by atoms with Gasteiger partial charge >= 0.3 is 0 Å². The highest BCUT2D eigenvalue weighted by molar-refractivity contribution is 6.36. The lowest BCUT2D eigenvalue weighted by molar-refractivity contribution is 0.0323. The Bertz CT molecular complexity index is 1340. The van der Waals surface area contributed by atoms with Gasteiger partial charge in [-0.2, -0.15) is 0 Å². The summed E-state index contributed by atoms with van der Waals surface area (Å²) in [5.74, 6) is 1.68. The molecule has 0 unspecified atom stereocenters. The molecule has 3 N–H and O–H groups in total. The van der Waals surface area contributed by atoms with Crippen LogP contribution in [0.1, 0.15) is 12.5 Å². The summed E-state index contributed by atoms with van der Waals surface area (Å²) < 4.78 is 31.7. The first-order valence-electron chi connectivity index (χ1n) is 13.8. The van der Waals surface area contributed by atoms with Gasteiger partial charge < -0.3 is 30.2 Å². The highest BCUT2D eigenvalue weighted by Gasteiger charge is 2.22. The quantitative estimate of drug-likeness (QED) is 0.328. The maximum Gasteiger partial charge on any atom is 0.166 e. The monoisotopic (exact) mass is 604 g/mol. The second kappa shape index (κ2) is 13.8. The molecule has 1 aromatic carbocycles. The van der Waals surface area contributed by atoms with Crippen LogP contribution in [0, 0.1) is 5.82 Å². The van der Waals surface area contributed by atoms with Crippen molar-refractivity contribution in [3.8, 4) is 22.6 Å². The molecular formula is C29H35Cl2FN6O3. The molecule has 0 saturated carbocycles. The molecule has 220 valence electrons. The van der Waals surface area contributed by atoms with Crippen molar-refractivity contribution in [3.63, 3.8) is 0 Å². The number of piperazine rings is 1. The number of morpholine rings is 1. The van der Waals surface area contributed by atoms with Crippen LogP contribution in [0.3, 0.4) is 0 Å². The maximum absolute atomic E-state index is 13.9. The molecule has 0 spiro atoms. The van der Waals surface area contributed by atoms with E-state index in [1.54, 1.807) is 6.20 Å². The standard InChI is InChI=1S/C29H35Cl2FN6O3/c1-19-16-34-5-6-38(19)27-15-25(41-13-9-37-7-11-39-12-8-37)22(18-35-27)20-14-26(29(33)36-17-20)40-10-4-21-23(30)2-3-24(32)28(21)31/h2-3,14-15,17-19,34H,4-13,16H2,1H3,(H2,33,36)/t19-/m0/s1. The molecule has 41 heavy (non-hydrogen) atoms. The Morgan fingerprint density at radius 1 is 1.07 bits per heavy atom. The van der Waals surface area contributed by atoms with Gasteiger partial charge in [-0.1, -0.05) is 23.2 Å². The summed E-state index contributed by atoms with van der Waals surface area (Å²) in [5.41, 5.74) is 8.16. The topological polar surface area (TPSA) is 98.0 Å². The Morgan fingerprint density at radius 2 is 1.88 bits per heavy atom. The van der Waals surface area contributed by atoms with Crippen LogP contribution in [0.2, 0.25) is 10.0 Å². The van der Waals surface area contributed by atoms with Crippen LogP contribution in [-0.2, 0) is 11.2 Å². The zero-order valence-corrected chi connectivity index (χ0v) is 24.6. The number of ether oxygens (including phenoxy) is 3. The zero-order chi connectivity index (χ0) is 28.8. The number of nitrogens with zero attached hydrogens (tertiary/aromatic N) is 4. The van der Waals surface area contributed by atoms with Crippen LogP contribution < -0.4 is 25.4 Å². The molecule has 9 nitrogen and oxygen atoms in total. The number of pyridine rings is 2. The van der Waals surface area contributed by atoms with Gasteiger partial charge in [0.1, 0.15) is 24.0 Å². The van der Waals surface area contributed by atoms with Crippen LogP contribution in [0.25, 0.3) is 11.1 Å². The van der Waals surface area contributed by atoms with Gasteiger partial charge in [0, 0.05) is 86.3 Å². The highest BCUT2D eigenvalue weighted by Crippen LogP contribution is 2.36. The lowest BCUT2D eigenvalue weighted by Crippen LogP contribution is -2.50. The van der Waals surface area contributed by atoms with Crippen LogP contribution in [0.5, 0.6) is 11.5 Å². The lowest BCUT2D eigenvalue weighted by atomic mass is 10.1. The van der Waals surface area contributed by atoms with E-state index in [0.29, 0.717) is 41.2 Å². The molecule has 12 heteroatoms. The average Bonchev–Trinajstić information content (AvgIpc) is 2.98. The molecule has 2 aliphatic heterocycles. The second-order valence-corrected chi connectivity index (χ2v) is 10.9. The van der Waals surface area contributed by atoms with Crippen LogP contribution in [-0.4, -0.2) is 86.6 Å². The molecule has 0 amide bonds. The minimum absolute atomic E-state index is 0.00946. The first-order chi connectivity index (χ1) is 19.9. The second-order valence-electron chi connectivity index (χ2n) is 10.1. The number of halogens is 3. The first kappa shape index (κ1) is 29.6. The fourth-order valence-corrected chi connectivity index (χ4v) is 5.55. The van der Waals surface area contributed by atoms with Crippen LogP contribution in [0.4, 0.5) is 16.0 Å². The number of nitrogens with two attached hydrogens (primary N) is 1. The van der Waals surface area contributed by atoms with E-state index >= 15 is 0 Å². The van der Waals surface area contributed by atoms with E-state index < -0.39 is 5.82 Å². The van der Waals surface area contributed by atoms with Gasteiger partial charge in [-0.15, -0.1) is 0 Å². The van der Waals surface area contributed by atoms with E-state index in [0.717, 1.165) is 69.4 Å². The number of nitrogens with one attached hydrogen (secondary N) is 1. The largest absolute Gasteiger partial charge is 0.491 e. The number of benzene rings is 1. The predicted octanol–water partition coefficient (Wildman–Crippen LogP) is 4.30. The summed E-state index contributed by atoms with van der Waals surface area (Å²) in [5, 5.41) is 3.79. The number of anilines is 2. The van der Waals surface area contributed by atoms with Gasteiger partial charge in [-0.3, -0.25) is 4.90 Å². The van der Waals surface area contributed by atoms with E-state index in [9.17, 15) is 4.39 Å². The molecule has 2 saturated heterocycles. The van der Waals surface area contributed by atoms with Gasteiger partial charge in [0.05, 0.1) is 24.8 Å². The molecule has 0 aliphatic carbocycles. The van der Waals surface area contributed by atoms with E-state index in [-0.39, 0.29) is 17.4 Å². The molecule has 0 radical (unpaired) electrons. The summed E-state index contributed by atoms with van der Waals surface area (Å²) in [6.07, 6.45) is 3.80. The van der Waals surface area contributed by atoms with E-state index in [4.69, 9.17) is 48.1 Å². The molecule has 5 rings (SSSR count). The van der Waals surface area contributed by atoms with Crippen molar-refractivity contribution < 1.29 is 18.6 Å². The molecule has 1 atom stereocenters. The minimum Gasteiger partial charge on any atom is -0.491 e. The van der Waals surface area contributed by atoms with Crippen molar-refractivity contribution >= 4 is 34.8 Å². The summed E-state index contributed by atoms with van der Waals surface area (Å²) in [7, 11) is 0. The number of nitrogen functional groups attached to an aromatic ring is 1. The minimum atomic E-state index is -0.526. The lowest BCUT2D eigenvalue weighted by Gasteiger charge is -2.35. The molecule has 2 aromatic heterocycles. The van der Waals surface area contributed by atoms with Crippen LogP contribution >= 0.6 is 23.2 Å². The van der Waals surface area contributed by atoms with Crippen molar-refractivity contribution in [3.05, 3.63) is 58.1 Å². The Labute approximate surface area is 249 Å². The van der Waals surface area contributed by atoms with Gasteiger partial charge in [0.2, 0.25) is 0 Å². The van der Waals surface area contributed by atoms with Gasteiger partial charge in [-0.05, 0) is 30.7 Å². The Morgan fingerprint density at radius 3 is 2.68 bits per heavy atom. The van der Waals surface area contributed by atoms with Crippen molar-refractivity contribution in [1.29, 1.82) is 0 Å². The fourth-order valence-electron chi connectivity index (χ4n) is 4.99. The molecule has 3 aromatic rings. The summed E-state index contributed by atoms with van der Waals surface area (Å²) >= 11 is 12.3. The first-order valence-corrected chi connectivity index (χ1v) is 14.6. The fraction of sp³-hybridized carbons (Fsp3) is 0.448. The number of hydrogen-bond acceptors (Lipinski definition) is 9. The number of hydrogen-bond donors (Lipinski definition) is 2. The molecule has 2 fully saturated rings. The molecule has 2 aliphatic rings. The van der Waals surface area contributed by atoms with Gasteiger partial charge in [0.15, 0.2) is 11.6 Å². The van der Waals surface area contributed by atoms with Crippen molar-refractivity contribution in [2.75, 3.05) is 76.3 Å².